The van der Waals surface area contributed by atoms with Gasteiger partial charge in [0.15, 0.2) is 0 Å². The second-order valence-corrected chi connectivity index (χ2v) is 2.97. The van der Waals surface area contributed by atoms with E-state index in [-0.39, 0.29) is 0 Å². The summed E-state index contributed by atoms with van der Waals surface area (Å²) < 4.78 is 11.5. The molecule has 0 aliphatic rings. The van der Waals surface area contributed by atoms with Crippen LogP contribution in [0.3, 0.4) is 0 Å². The molecule has 4 heteroatoms. The highest BCUT2D eigenvalue weighted by atomic mass is 32.2. The molecule has 0 N–H and O–H groups in total. The van der Waals surface area contributed by atoms with E-state index >= 15 is 0 Å². The van der Waals surface area contributed by atoms with Crippen LogP contribution in [0.1, 0.15) is 0 Å². The van der Waals surface area contributed by atoms with Crippen molar-refractivity contribution < 1.29 is 4.55 Å². The molecule has 0 radical (unpaired) electrons. The molecule has 0 spiro atoms. The number of thiocarbonyl (C=S) groups is 2. The zero-order valence-electron chi connectivity index (χ0n) is 4.13. The highest BCUT2D eigenvalue weighted by Gasteiger charge is 1.66. The Bertz CT molecular complexity index is 52.4. The summed E-state index contributed by atoms with van der Waals surface area (Å²) in [5, 5.41) is 0. The molecule has 0 saturated heterocycles. The molecule has 0 amide bonds. The predicted molar refractivity (Wildman–Crippen MR) is 40.2 cm³/mol. The topological polar surface area (TPSA) is 23.1 Å². The van der Waals surface area contributed by atoms with Crippen molar-refractivity contribution in [1.82, 2.24) is 0 Å². The van der Waals surface area contributed by atoms with Gasteiger partial charge in [-0.15, -0.1) is 0 Å². The molecule has 0 saturated carbocycles. The van der Waals surface area contributed by atoms with Gasteiger partial charge in [-0.05, 0) is 24.4 Å². The molecule has 0 fully saturated rings. The summed E-state index contributed by atoms with van der Waals surface area (Å²) in [6.45, 7) is 0. The summed E-state index contributed by atoms with van der Waals surface area (Å²) in [6.07, 6.45) is 3.28. The van der Waals surface area contributed by atoms with Gasteiger partial charge >= 0.3 is 0 Å². The van der Waals surface area contributed by atoms with E-state index in [2.05, 4.69) is 24.4 Å². The fourth-order valence-electron chi connectivity index (χ4n) is 0. The van der Waals surface area contributed by atoms with Crippen LogP contribution in [0.25, 0.3) is 0 Å². The van der Waals surface area contributed by atoms with Crippen LogP contribution >= 0.6 is 24.4 Å². The lowest BCUT2D eigenvalue weighted by molar-refractivity contribution is 0.606. The molecule has 7 heavy (non-hydrogen) atoms. The van der Waals surface area contributed by atoms with Gasteiger partial charge in [-0.3, -0.25) is 0 Å². The normalized spacial score (nSPS) is 6.29. The minimum Gasteiger partial charge on any atom is -0.617 e. The molecule has 0 bridgehead atoms. The maximum absolute atomic E-state index is 9.56. The van der Waals surface area contributed by atoms with Gasteiger partial charge < -0.3 is 4.55 Å². The quantitative estimate of drug-likeness (QED) is 0.384. The molecule has 0 unspecified atom stereocenters. The lowest BCUT2D eigenvalue weighted by Gasteiger charge is -1.87. The lowest BCUT2D eigenvalue weighted by atomic mass is 11.9. The lowest BCUT2D eigenvalue weighted by Crippen LogP contribution is -1.86. The first-order valence-corrected chi connectivity index (χ1v) is 4.17. The van der Waals surface area contributed by atoms with Crippen molar-refractivity contribution in [2.24, 2.45) is 0 Å². The van der Waals surface area contributed by atoms with Gasteiger partial charge in [-0.1, -0.05) is 11.2 Å². The SMILES string of the molecule is C[S+](C)[O-].S=C=S. The van der Waals surface area contributed by atoms with Crippen LogP contribution in [0.5, 0.6) is 0 Å². The van der Waals surface area contributed by atoms with Crippen LogP contribution in [-0.2, 0) is 11.2 Å². The third-order valence-corrected chi connectivity index (χ3v) is 0. The molecular weight excluding hydrogens is 148 g/mol. The summed E-state index contributed by atoms with van der Waals surface area (Å²) in [5.41, 5.74) is 0. The first-order valence-electron chi connectivity index (χ1n) is 1.39. The summed E-state index contributed by atoms with van der Waals surface area (Å²) in [6, 6.07) is 0. The number of hydrogen-bond donors (Lipinski definition) is 0. The molecule has 0 atom stereocenters. The summed E-state index contributed by atoms with van der Waals surface area (Å²) in [4.78, 5) is 0. The largest absolute Gasteiger partial charge is 0.617 e. The van der Waals surface area contributed by atoms with E-state index in [1.54, 1.807) is 12.5 Å². The zero-order valence-corrected chi connectivity index (χ0v) is 6.58. The van der Waals surface area contributed by atoms with Crippen molar-refractivity contribution in [3.05, 3.63) is 0 Å². The predicted octanol–water partition coefficient (Wildman–Crippen LogP) is 1.01. The highest BCUT2D eigenvalue weighted by Crippen LogP contribution is 1.61. The van der Waals surface area contributed by atoms with Gasteiger partial charge in [0.25, 0.3) is 0 Å². The molecule has 0 heterocycles. The minimum atomic E-state index is -0.611. The van der Waals surface area contributed by atoms with Crippen LogP contribution < -0.4 is 0 Å². The monoisotopic (exact) mass is 154 g/mol. The molecule has 0 aromatic carbocycles. The molecule has 0 aromatic heterocycles. The molecule has 0 aliphatic heterocycles. The van der Waals surface area contributed by atoms with E-state index in [1.807, 2.05) is 4.31 Å². The van der Waals surface area contributed by atoms with Crippen molar-refractivity contribution in [2.75, 3.05) is 12.5 Å². The maximum Gasteiger partial charge on any atom is 0.0946 e. The third-order valence-electron chi connectivity index (χ3n) is 0. The van der Waals surface area contributed by atoms with Crippen molar-refractivity contribution in [2.45, 2.75) is 0 Å². The summed E-state index contributed by atoms with van der Waals surface area (Å²) in [7, 11) is 0. The summed E-state index contributed by atoms with van der Waals surface area (Å²) in [5.74, 6) is 0. The first-order chi connectivity index (χ1) is 3.15. The van der Waals surface area contributed by atoms with Gasteiger partial charge in [-0.2, -0.15) is 0 Å². The van der Waals surface area contributed by atoms with Crippen LogP contribution in [0.4, 0.5) is 0 Å². The Kier molecular flexibility index (Phi) is 14.6. The standard InChI is InChI=1S/C2H6OS.CS2/c1-4(2)3;2-1-3/h1-2H3;. The Morgan fingerprint density at radius 2 is 1.43 bits per heavy atom. The van der Waals surface area contributed by atoms with Crippen molar-refractivity contribution >= 4 is 39.9 Å². The van der Waals surface area contributed by atoms with E-state index in [9.17, 15) is 4.55 Å². The van der Waals surface area contributed by atoms with Crippen LogP contribution in [0.15, 0.2) is 0 Å². The van der Waals surface area contributed by atoms with E-state index in [0.717, 1.165) is 0 Å². The number of rotatable bonds is 0. The minimum absolute atomic E-state index is 0.611. The molecule has 42 valence electrons. The highest BCUT2D eigenvalue weighted by molar-refractivity contribution is 7.93. The second-order valence-electron chi connectivity index (χ2n) is 0.825. The van der Waals surface area contributed by atoms with E-state index in [1.165, 1.54) is 0 Å². The Labute approximate surface area is 57.3 Å². The number of hydrogen-bond acceptors (Lipinski definition) is 3. The van der Waals surface area contributed by atoms with Gasteiger partial charge in [0.05, 0.1) is 12.5 Å². The molecule has 0 rings (SSSR count). The average Bonchev–Trinajstić information content (AvgIpc) is 1.33. The van der Waals surface area contributed by atoms with E-state index in [0.29, 0.717) is 0 Å². The fraction of sp³-hybridized carbons (Fsp3) is 0.667. The van der Waals surface area contributed by atoms with Gasteiger partial charge in [-0.25, -0.2) is 0 Å². The maximum atomic E-state index is 9.56. The van der Waals surface area contributed by atoms with E-state index in [4.69, 9.17) is 0 Å². The van der Waals surface area contributed by atoms with E-state index < -0.39 is 11.2 Å². The van der Waals surface area contributed by atoms with Crippen molar-refractivity contribution in [1.29, 1.82) is 0 Å². The third kappa shape index (κ3) is 477. The van der Waals surface area contributed by atoms with Gasteiger partial charge in [0.1, 0.15) is 0 Å². The molecule has 0 aliphatic carbocycles. The van der Waals surface area contributed by atoms with Crippen LogP contribution in [0, 0.1) is 0 Å². The molecule has 1 nitrogen and oxygen atoms in total. The van der Waals surface area contributed by atoms with Crippen LogP contribution in [0.2, 0.25) is 0 Å². The summed E-state index contributed by atoms with van der Waals surface area (Å²) >= 11 is 7.31. The Morgan fingerprint density at radius 1 is 1.43 bits per heavy atom. The Balaban J connectivity index is 0. The van der Waals surface area contributed by atoms with Gasteiger partial charge in [0.2, 0.25) is 0 Å². The van der Waals surface area contributed by atoms with Gasteiger partial charge in [0, 0.05) is 4.31 Å². The fourth-order valence-corrected chi connectivity index (χ4v) is 0. The Morgan fingerprint density at radius 3 is 1.43 bits per heavy atom. The van der Waals surface area contributed by atoms with Crippen molar-refractivity contribution in [3.8, 4) is 0 Å². The zero-order chi connectivity index (χ0) is 6.28. The molecule has 0 aromatic rings. The second kappa shape index (κ2) is 9.73. The first kappa shape index (κ1) is 10.5. The Hall–Kier alpha value is 0.530. The van der Waals surface area contributed by atoms with Crippen LogP contribution in [-0.4, -0.2) is 21.4 Å². The van der Waals surface area contributed by atoms with Crippen molar-refractivity contribution in [3.63, 3.8) is 0 Å². The molecular formula is C3H6OS3. The average molecular weight is 154 g/mol. The smallest absolute Gasteiger partial charge is 0.0946 e.